The molecule has 0 N–H and O–H groups in total. The maximum Gasteiger partial charge on any atom is 0.257 e. The molecule has 1 aromatic heterocycles. The van der Waals surface area contributed by atoms with E-state index < -0.39 is 0 Å². The van der Waals surface area contributed by atoms with Crippen molar-refractivity contribution in [2.24, 2.45) is 0 Å². The molecule has 6 heteroatoms. The largest absolute Gasteiger partial charge is 0.310 e. The summed E-state index contributed by atoms with van der Waals surface area (Å²) in [4.78, 5) is 32.4. The normalized spacial score (nSPS) is 12.9. The summed E-state index contributed by atoms with van der Waals surface area (Å²) < 4.78 is 1.46. The highest BCUT2D eigenvalue weighted by molar-refractivity contribution is 6.30. The van der Waals surface area contributed by atoms with Gasteiger partial charge in [-0.25, -0.2) is 4.98 Å². The number of nitrogens with zero attached hydrogens (tertiary/aromatic N) is 3. The fourth-order valence-corrected chi connectivity index (χ4v) is 3.76. The minimum absolute atomic E-state index is 0.0663. The van der Waals surface area contributed by atoms with Crippen molar-refractivity contribution >= 4 is 23.2 Å². The minimum atomic E-state index is -0.205. The van der Waals surface area contributed by atoms with E-state index in [1.807, 2.05) is 36.4 Å². The van der Waals surface area contributed by atoms with Crippen molar-refractivity contribution in [1.29, 1.82) is 0 Å². The van der Waals surface area contributed by atoms with Crippen molar-refractivity contribution in [3.05, 3.63) is 80.7 Å². The number of carbonyl (C=O) groups excluding carboxylic acids is 1. The second-order valence-electron chi connectivity index (χ2n) is 6.97. The molecule has 2 aromatic carbocycles. The number of para-hydroxylation sites is 1. The summed E-state index contributed by atoms with van der Waals surface area (Å²) in [6.07, 6.45) is 0.823. The second-order valence-corrected chi connectivity index (χ2v) is 7.41. The van der Waals surface area contributed by atoms with Crippen LogP contribution >= 0.6 is 11.6 Å². The zero-order valence-electron chi connectivity index (χ0n) is 15.8. The summed E-state index contributed by atoms with van der Waals surface area (Å²) in [7, 11) is 0. The molecule has 0 bridgehead atoms. The molecule has 0 atom stereocenters. The quantitative estimate of drug-likeness (QED) is 0.680. The van der Waals surface area contributed by atoms with Crippen molar-refractivity contribution in [3.8, 4) is 11.4 Å². The Hall–Kier alpha value is -2.92. The molecule has 28 heavy (non-hydrogen) atoms. The Labute approximate surface area is 168 Å². The summed E-state index contributed by atoms with van der Waals surface area (Å²) in [6.45, 7) is 4.09. The van der Waals surface area contributed by atoms with Crippen LogP contribution in [0.25, 0.3) is 11.4 Å². The lowest BCUT2D eigenvalue weighted by Crippen LogP contribution is -2.37. The lowest BCUT2D eigenvalue weighted by Gasteiger charge is -2.20. The number of fused-ring (bicyclic) bond motifs is 1. The summed E-state index contributed by atoms with van der Waals surface area (Å²) >= 11 is 6.13. The summed E-state index contributed by atoms with van der Waals surface area (Å²) in [5.74, 6) is 0.330. The predicted molar refractivity (Wildman–Crippen MR) is 111 cm³/mol. The van der Waals surface area contributed by atoms with E-state index in [9.17, 15) is 9.59 Å². The Bertz CT molecular complexity index is 1140. The van der Waals surface area contributed by atoms with E-state index in [1.165, 1.54) is 4.57 Å². The van der Waals surface area contributed by atoms with Gasteiger partial charge >= 0.3 is 0 Å². The van der Waals surface area contributed by atoms with E-state index in [-0.39, 0.29) is 18.0 Å². The fraction of sp³-hybridized carbons (Fsp3) is 0.227. The van der Waals surface area contributed by atoms with Crippen LogP contribution in [-0.4, -0.2) is 22.0 Å². The van der Waals surface area contributed by atoms with Crippen LogP contribution in [0.1, 0.15) is 16.8 Å². The van der Waals surface area contributed by atoms with E-state index in [4.69, 9.17) is 11.6 Å². The number of halogens is 1. The van der Waals surface area contributed by atoms with Crippen LogP contribution in [0.4, 0.5) is 5.69 Å². The minimum Gasteiger partial charge on any atom is -0.310 e. The van der Waals surface area contributed by atoms with Gasteiger partial charge in [0.15, 0.2) is 0 Å². The lowest BCUT2D eigenvalue weighted by atomic mass is 10.1. The molecule has 0 unspecified atom stereocenters. The molecule has 5 nitrogen and oxygen atoms in total. The summed E-state index contributed by atoms with van der Waals surface area (Å²) in [5.41, 5.74) is 3.76. The highest BCUT2D eigenvalue weighted by Crippen LogP contribution is 2.28. The Morgan fingerprint density at radius 2 is 1.93 bits per heavy atom. The predicted octanol–water partition coefficient (Wildman–Crippen LogP) is 3.77. The van der Waals surface area contributed by atoms with Crippen molar-refractivity contribution < 1.29 is 4.79 Å². The number of amides is 1. The zero-order valence-corrected chi connectivity index (χ0v) is 16.5. The van der Waals surface area contributed by atoms with Gasteiger partial charge in [-0.15, -0.1) is 0 Å². The number of aromatic nitrogens is 2. The van der Waals surface area contributed by atoms with Crippen LogP contribution in [-0.2, 0) is 17.8 Å². The van der Waals surface area contributed by atoms with Gasteiger partial charge in [0.25, 0.3) is 5.56 Å². The fourth-order valence-electron chi connectivity index (χ4n) is 3.57. The molecule has 0 fully saturated rings. The molecule has 0 radical (unpaired) electrons. The van der Waals surface area contributed by atoms with Gasteiger partial charge in [-0.3, -0.25) is 14.2 Å². The van der Waals surface area contributed by atoms with Crippen LogP contribution in [0.5, 0.6) is 0 Å². The van der Waals surface area contributed by atoms with Gasteiger partial charge < -0.3 is 4.90 Å². The molecule has 142 valence electrons. The van der Waals surface area contributed by atoms with Gasteiger partial charge in [-0.1, -0.05) is 41.9 Å². The van der Waals surface area contributed by atoms with E-state index in [2.05, 4.69) is 4.98 Å². The molecule has 0 saturated heterocycles. The Morgan fingerprint density at radius 3 is 2.71 bits per heavy atom. The molecule has 0 aliphatic carbocycles. The van der Waals surface area contributed by atoms with Crippen LogP contribution in [0.15, 0.2) is 53.3 Å². The third-order valence-electron chi connectivity index (χ3n) is 5.20. The average Bonchev–Trinajstić information content (AvgIpc) is 3.12. The third kappa shape index (κ3) is 3.22. The van der Waals surface area contributed by atoms with Gasteiger partial charge in [-0.05, 0) is 44.0 Å². The van der Waals surface area contributed by atoms with E-state index in [0.717, 1.165) is 17.7 Å². The number of carbonyl (C=O) groups is 1. The van der Waals surface area contributed by atoms with Gasteiger partial charge in [0.05, 0.1) is 0 Å². The number of hydrogen-bond acceptors (Lipinski definition) is 3. The molecule has 3 aromatic rings. The molecule has 0 saturated carbocycles. The Morgan fingerprint density at radius 1 is 1.14 bits per heavy atom. The first-order valence-corrected chi connectivity index (χ1v) is 9.56. The zero-order chi connectivity index (χ0) is 19.8. The number of rotatable bonds is 3. The molecule has 1 amide bonds. The van der Waals surface area contributed by atoms with E-state index in [0.29, 0.717) is 34.2 Å². The molecule has 4 rings (SSSR count). The van der Waals surface area contributed by atoms with Gasteiger partial charge in [-0.2, -0.15) is 0 Å². The summed E-state index contributed by atoms with van der Waals surface area (Å²) in [6, 6.07) is 15.0. The number of aryl methyl sites for hydroxylation is 1. The van der Waals surface area contributed by atoms with Crippen molar-refractivity contribution in [3.63, 3.8) is 0 Å². The maximum atomic E-state index is 13.1. The van der Waals surface area contributed by atoms with Crippen LogP contribution in [0.3, 0.4) is 0 Å². The third-order valence-corrected chi connectivity index (χ3v) is 5.44. The van der Waals surface area contributed by atoms with Crippen LogP contribution in [0, 0.1) is 13.8 Å². The SMILES string of the molecule is Cc1nc(-c2cccc(Cl)c2)n(CC(=O)N2CCc3ccccc32)c(=O)c1C. The number of benzene rings is 2. The van der Waals surface area contributed by atoms with Crippen molar-refractivity contribution in [2.45, 2.75) is 26.8 Å². The summed E-state index contributed by atoms with van der Waals surface area (Å²) in [5, 5.41) is 0.552. The van der Waals surface area contributed by atoms with Crippen molar-refractivity contribution in [2.75, 3.05) is 11.4 Å². The molecule has 0 spiro atoms. The molecule has 2 heterocycles. The first-order chi connectivity index (χ1) is 13.5. The van der Waals surface area contributed by atoms with Crippen LogP contribution < -0.4 is 10.5 Å². The highest BCUT2D eigenvalue weighted by atomic mass is 35.5. The smallest absolute Gasteiger partial charge is 0.257 e. The monoisotopic (exact) mass is 393 g/mol. The first kappa shape index (κ1) is 18.4. The van der Waals surface area contributed by atoms with Crippen LogP contribution in [0.2, 0.25) is 5.02 Å². The van der Waals surface area contributed by atoms with E-state index in [1.54, 1.807) is 30.9 Å². The molecular weight excluding hydrogens is 374 g/mol. The maximum absolute atomic E-state index is 13.1. The molecular formula is C22H20ClN3O2. The van der Waals surface area contributed by atoms with Crippen molar-refractivity contribution in [1.82, 2.24) is 9.55 Å². The second kappa shape index (κ2) is 7.24. The average molecular weight is 394 g/mol. The van der Waals surface area contributed by atoms with Gasteiger partial charge in [0.1, 0.15) is 12.4 Å². The lowest BCUT2D eigenvalue weighted by molar-refractivity contribution is -0.119. The number of anilines is 1. The molecule has 1 aliphatic heterocycles. The van der Waals surface area contributed by atoms with E-state index >= 15 is 0 Å². The van der Waals surface area contributed by atoms with Gasteiger partial charge in [0.2, 0.25) is 5.91 Å². The highest BCUT2D eigenvalue weighted by Gasteiger charge is 2.26. The topological polar surface area (TPSA) is 55.2 Å². The van der Waals surface area contributed by atoms with Gasteiger partial charge in [0, 0.05) is 34.1 Å². The molecule has 1 aliphatic rings. The number of hydrogen-bond donors (Lipinski definition) is 0. The standard InChI is InChI=1S/C22H20ClN3O2/c1-14-15(2)24-21(17-7-5-8-18(23)12-17)26(22(14)28)13-20(27)25-11-10-16-6-3-4-9-19(16)25/h3-9,12H,10-11,13H2,1-2H3. The Balaban J connectivity index is 1.76. The Kier molecular flexibility index (Phi) is 4.77. The first-order valence-electron chi connectivity index (χ1n) is 9.18.